The molecule has 3 aromatic rings. The maximum atomic E-state index is 12.9. The first-order valence-electron chi connectivity index (χ1n) is 10.6. The van der Waals surface area contributed by atoms with Crippen molar-refractivity contribution in [3.05, 3.63) is 62.8 Å². The molecule has 1 atom stereocenters. The minimum absolute atomic E-state index is 0.0466. The van der Waals surface area contributed by atoms with Crippen LogP contribution in [0.3, 0.4) is 0 Å². The van der Waals surface area contributed by atoms with E-state index in [1.165, 1.54) is 34.8 Å². The van der Waals surface area contributed by atoms with Gasteiger partial charge < -0.3 is 10.1 Å². The highest BCUT2D eigenvalue weighted by Crippen LogP contribution is 2.33. The Kier molecular flexibility index (Phi) is 6.64. The van der Waals surface area contributed by atoms with Gasteiger partial charge in [-0.2, -0.15) is 0 Å². The molecular weight excluding hydrogens is 433 g/mol. The first kappa shape index (κ1) is 22.1. The van der Waals surface area contributed by atoms with Gasteiger partial charge in [0.25, 0.3) is 11.5 Å². The Labute approximate surface area is 188 Å². The van der Waals surface area contributed by atoms with Crippen LogP contribution in [0.5, 0.6) is 0 Å². The van der Waals surface area contributed by atoms with Crippen LogP contribution in [0, 0.1) is 5.82 Å². The zero-order valence-electron chi connectivity index (χ0n) is 17.7. The maximum absolute atomic E-state index is 12.9. The SMILES string of the molecule is CC(OC(=O)CCn1cnc2sc3c(c2c1=O)CCCC3)C(=O)NCc1ccc(F)cc1. The zero-order chi connectivity index (χ0) is 22.7. The van der Waals surface area contributed by atoms with Crippen molar-refractivity contribution in [2.75, 3.05) is 0 Å². The highest BCUT2D eigenvalue weighted by Gasteiger charge is 2.21. The highest BCUT2D eigenvalue weighted by molar-refractivity contribution is 7.18. The summed E-state index contributed by atoms with van der Waals surface area (Å²) < 4.78 is 19.6. The van der Waals surface area contributed by atoms with Crippen molar-refractivity contribution in [1.29, 1.82) is 0 Å². The minimum atomic E-state index is -0.982. The van der Waals surface area contributed by atoms with Crippen molar-refractivity contribution in [2.45, 2.75) is 58.2 Å². The lowest BCUT2D eigenvalue weighted by molar-refractivity contribution is -0.155. The van der Waals surface area contributed by atoms with E-state index in [1.807, 2.05) is 0 Å². The number of nitrogens with zero attached hydrogens (tertiary/aromatic N) is 2. The van der Waals surface area contributed by atoms with Crippen LogP contribution in [0.25, 0.3) is 10.2 Å². The first-order chi connectivity index (χ1) is 15.4. The molecule has 168 valence electrons. The second-order valence-corrected chi connectivity index (χ2v) is 8.94. The molecule has 0 saturated carbocycles. The summed E-state index contributed by atoms with van der Waals surface area (Å²) in [5.74, 6) is -1.38. The molecule has 0 aliphatic heterocycles. The van der Waals surface area contributed by atoms with Gasteiger partial charge in [0.05, 0.1) is 18.1 Å². The predicted molar refractivity (Wildman–Crippen MR) is 119 cm³/mol. The van der Waals surface area contributed by atoms with Crippen molar-refractivity contribution in [1.82, 2.24) is 14.9 Å². The highest BCUT2D eigenvalue weighted by atomic mass is 32.1. The van der Waals surface area contributed by atoms with Crippen LogP contribution in [0.4, 0.5) is 4.39 Å². The quantitative estimate of drug-likeness (QED) is 0.551. The molecule has 1 amide bonds. The number of benzene rings is 1. The van der Waals surface area contributed by atoms with Gasteiger partial charge in [-0.25, -0.2) is 9.37 Å². The van der Waals surface area contributed by atoms with Crippen molar-refractivity contribution in [3.63, 3.8) is 0 Å². The molecule has 2 aromatic heterocycles. The summed E-state index contributed by atoms with van der Waals surface area (Å²) >= 11 is 1.58. The fourth-order valence-corrected chi connectivity index (χ4v) is 5.02. The summed E-state index contributed by atoms with van der Waals surface area (Å²) in [6.07, 6.45) is 4.53. The van der Waals surface area contributed by atoms with E-state index in [0.717, 1.165) is 41.6 Å². The van der Waals surface area contributed by atoms with Crippen molar-refractivity contribution < 1.29 is 18.7 Å². The fraction of sp³-hybridized carbons (Fsp3) is 0.391. The Balaban J connectivity index is 1.32. The Hall–Kier alpha value is -3.07. The van der Waals surface area contributed by atoms with Gasteiger partial charge in [-0.1, -0.05) is 12.1 Å². The number of fused-ring (bicyclic) bond motifs is 3. The van der Waals surface area contributed by atoms with Gasteiger partial charge in [-0.05, 0) is 55.9 Å². The van der Waals surface area contributed by atoms with Crippen LogP contribution in [0.15, 0.2) is 35.4 Å². The molecule has 1 N–H and O–H groups in total. The molecule has 0 fully saturated rings. The van der Waals surface area contributed by atoms with E-state index in [0.29, 0.717) is 5.39 Å². The number of aromatic nitrogens is 2. The van der Waals surface area contributed by atoms with E-state index in [2.05, 4.69) is 10.3 Å². The summed E-state index contributed by atoms with van der Waals surface area (Å²) in [5, 5.41) is 3.33. The van der Waals surface area contributed by atoms with Crippen LogP contribution in [0.1, 0.15) is 42.2 Å². The second kappa shape index (κ2) is 9.60. The van der Waals surface area contributed by atoms with Gasteiger partial charge in [0.2, 0.25) is 0 Å². The molecule has 2 heterocycles. The molecule has 0 radical (unpaired) electrons. The maximum Gasteiger partial charge on any atom is 0.308 e. The smallest absolute Gasteiger partial charge is 0.308 e. The van der Waals surface area contributed by atoms with Crippen molar-refractivity contribution in [2.24, 2.45) is 0 Å². The predicted octanol–water partition coefficient (Wildman–Crippen LogP) is 3.11. The van der Waals surface area contributed by atoms with E-state index in [9.17, 15) is 18.8 Å². The van der Waals surface area contributed by atoms with E-state index in [-0.39, 0.29) is 30.9 Å². The van der Waals surface area contributed by atoms with Gasteiger partial charge >= 0.3 is 5.97 Å². The number of rotatable bonds is 7. The molecule has 4 rings (SSSR count). The summed E-state index contributed by atoms with van der Waals surface area (Å²) in [7, 11) is 0. The van der Waals surface area contributed by atoms with E-state index in [4.69, 9.17) is 4.74 Å². The molecule has 1 aliphatic rings. The number of amides is 1. The number of carbonyl (C=O) groups is 2. The fourth-order valence-electron chi connectivity index (χ4n) is 3.80. The van der Waals surface area contributed by atoms with Gasteiger partial charge in [-0.15, -0.1) is 11.3 Å². The Morgan fingerprint density at radius 2 is 2.00 bits per heavy atom. The molecule has 0 spiro atoms. The molecule has 7 nitrogen and oxygen atoms in total. The number of hydrogen-bond donors (Lipinski definition) is 1. The van der Waals surface area contributed by atoms with Crippen LogP contribution >= 0.6 is 11.3 Å². The number of aryl methyl sites for hydroxylation is 3. The molecule has 1 aliphatic carbocycles. The third-order valence-electron chi connectivity index (χ3n) is 5.56. The number of hydrogen-bond acceptors (Lipinski definition) is 6. The summed E-state index contributed by atoms with van der Waals surface area (Å²) in [6, 6.07) is 5.76. The Morgan fingerprint density at radius 3 is 2.78 bits per heavy atom. The number of thiophene rings is 1. The third-order valence-corrected chi connectivity index (χ3v) is 6.76. The number of ether oxygens (including phenoxy) is 1. The summed E-state index contributed by atoms with van der Waals surface area (Å²) in [4.78, 5) is 43.7. The average molecular weight is 458 g/mol. The lowest BCUT2D eigenvalue weighted by atomic mass is 9.97. The van der Waals surface area contributed by atoms with Crippen molar-refractivity contribution in [3.8, 4) is 0 Å². The van der Waals surface area contributed by atoms with Crippen LogP contribution in [-0.2, 0) is 40.3 Å². The van der Waals surface area contributed by atoms with Crippen LogP contribution < -0.4 is 10.9 Å². The lowest BCUT2D eigenvalue weighted by Gasteiger charge is -2.14. The molecular formula is C23H24FN3O4S. The van der Waals surface area contributed by atoms with Crippen molar-refractivity contribution >= 4 is 33.4 Å². The topological polar surface area (TPSA) is 90.3 Å². The zero-order valence-corrected chi connectivity index (χ0v) is 18.5. The number of esters is 1. The van der Waals surface area contributed by atoms with E-state index < -0.39 is 18.0 Å². The van der Waals surface area contributed by atoms with Gasteiger partial charge in [0, 0.05) is 18.0 Å². The number of halogens is 1. The van der Waals surface area contributed by atoms with E-state index >= 15 is 0 Å². The molecule has 1 unspecified atom stereocenters. The summed E-state index contributed by atoms with van der Waals surface area (Å²) in [6.45, 7) is 1.82. The standard InChI is InChI=1S/C23H24FN3O4S/c1-14(21(29)25-12-15-6-8-16(24)9-7-15)31-19(28)10-11-27-13-26-22-20(23(27)30)17-4-2-3-5-18(17)32-22/h6-9,13-14H,2-5,10-12H2,1H3,(H,25,29). The second-order valence-electron chi connectivity index (χ2n) is 7.86. The molecule has 32 heavy (non-hydrogen) atoms. The normalized spacial score (nSPS) is 14.1. The van der Waals surface area contributed by atoms with Gasteiger partial charge in [0.15, 0.2) is 6.10 Å². The summed E-state index contributed by atoms with van der Waals surface area (Å²) in [5.41, 5.74) is 1.71. The minimum Gasteiger partial charge on any atom is -0.452 e. The van der Waals surface area contributed by atoms with Gasteiger partial charge in [-0.3, -0.25) is 19.0 Å². The molecule has 9 heteroatoms. The first-order valence-corrected chi connectivity index (χ1v) is 11.5. The monoisotopic (exact) mass is 457 g/mol. The molecule has 1 aromatic carbocycles. The average Bonchev–Trinajstić information content (AvgIpc) is 3.17. The molecule has 0 saturated heterocycles. The Bertz CT molecular complexity index is 1200. The molecule has 0 bridgehead atoms. The Morgan fingerprint density at radius 1 is 1.25 bits per heavy atom. The third kappa shape index (κ3) is 4.88. The van der Waals surface area contributed by atoms with Crippen LogP contribution in [-0.4, -0.2) is 27.5 Å². The largest absolute Gasteiger partial charge is 0.452 e. The van der Waals surface area contributed by atoms with Crippen LogP contribution in [0.2, 0.25) is 0 Å². The van der Waals surface area contributed by atoms with Gasteiger partial charge in [0.1, 0.15) is 10.6 Å². The lowest BCUT2D eigenvalue weighted by Crippen LogP contribution is -2.35. The number of nitrogens with one attached hydrogen (secondary N) is 1. The number of carbonyl (C=O) groups excluding carboxylic acids is 2. The van der Waals surface area contributed by atoms with E-state index in [1.54, 1.807) is 23.5 Å².